The summed E-state index contributed by atoms with van der Waals surface area (Å²) in [5.74, 6) is 3.33. The van der Waals surface area contributed by atoms with E-state index in [1.165, 1.54) is 38.5 Å². The molecule has 1 unspecified atom stereocenters. The van der Waals surface area contributed by atoms with Crippen molar-refractivity contribution in [3.63, 3.8) is 0 Å². The molecule has 5 aliphatic rings. The average Bonchev–Trinajstić information content (AvgIpc) is 3.05. The van der Waals surface area contributed by atoms with Crippen LogP contribution in [0.5, 0.6) is 0 Å². The molecule has 0 aromatic carbocycles. The van der Waals surface area contributed by atoms with Gasteiger partial charge in [0.15, 0.2) is 0 Å². The number of carbonyl (C=O) groups is 1. The smallest absolute Gasteiger partial charge is 0.234 e. The molecule has 0 aromatic rings. The van der Waals surface area contributed by atoms with Crippen molar-refractivity contribution in [1.29, 1.82) is 0 Å². The van der Waals surface area contributed by atoms with Gasteiger partial charge in [0.05, 0.1) is 25.9 Å². The van der Waals surface area contributed by atoms with Crippen LogP contribution in [0.15, 0.2) is 0 Å². The molecule has 1 heterocycles. The van der Waals surface area contributed by atoms with Crippen LogP contribution in [0.1, 0.15) is 71.6 Å². The Morgan fingerprint density at radius 3 is 2.53 bits per heavy atom. The van der Waals surface area contributed by atoms with Gasteiger partial charge in [-0.2, -0.15) is 0 Å². The Kier molecular flexibility index (Phi) is 5.69. The van der Waals surface area contributed by atoms with Gasteiger partial charge in [0.1, 0.15) is 0 Å². The molecule has 8 atom stereocenters. The fourth-order valence-electron chi connectivity index (χ4n) is 8.67. The molecule has 5 fully saturated rings. The van der Waals surface area contributed by atoms with Gasteiger partial charge in [0, 0.05) is 19.1 Å². The van der Waals surface area contributed by atoms with E-state index in [-0.39, 0.29) is 17.4 Å². The normalized spacial score (nSPS) is 49.0. The van der Waals surface area contributed by atoms with Crippen LogP contribution in [0.2, 0.25) is 0 Å². The number of hydrogen-bond donors (Lipinski definition) is 2. The summed E-state index contributed by atoms with van der Waals surface area (Å²) >= 11 is 0. The molecule has 4 saturated carbocycles. The monoisotopic (exact) mass is 418 g/mol. The van der Waals surface area contributed by atoms with Crippen molar-refractivity contribution in [3.8, 4) is 0 Å². The molecule has 30 heavy (non-hydrogen) atoms. The van der Waals surface area contributed by atoms with Crippen molar-refractivity contribution in [2.75, 3.05) is 32.8 Å². The standard InChI is InChI=1S/C25H42N2O3/c1-24-9-7-18(28)15-17(24)3-4-19-20-5-6-22(25(20,2)10-8-21(19)24)26-23(29)16-27-11-13-30-14-12-27/h17-22,28H,3-16H2,1-2H3,(H,26,29)/t17-,18?,19-,20-,21-,22+,24-,25-/m0/s1. The number of fused-ring (bicyclic) bond motifs is 5. The second-order valence-electron chi connectivity index (χ2n) is 11.7. The summed E-state index contributed by atoms with van der Waals surface area (Å²) in [6, 6.07) is 0.343. The molecular weight excluding hydrogens is 376 g/mol. The molecule has 170 valence electrons. The Morgan fingerprint density at radius 2 is 1.73 bits per heavy atom. The van der Waals surface area contributed by atoms with Gasteiger partial charge in [-0.05, 0) is 92.3 Å². The van der Waals surface area contributed by atoms with Crippen LogP contribution in [-0.2, 0) is 9.53 Å². The molecule has 5 rings (SSSR count). The first-order chi connectivity index (χ1) is 14.4. The summed E-state index contributed by atoms with van der Waals surface area (Å²) < 4.78 is 5.42. The minimum atomic E-state index is -0.0639. The van der Waals surface area contributed by atoms with Crippen LogP contribution < -0.4 is 5.32 Å². The lowest BCUT2D eigenvalue weighted by Gasteiger charge is -2.61. The maximum Gasteiger partial charge on any atom is 0.234 e. The number of carbonyl (C=O) groups excluding carboxylic acids is 1. The van der Waals surface area contributed by atoms with Gasteiger partial charge in [-0.1, -0.05) is 13.8 Å². The number of nitrogens with zero attached hydrogens (tertiary/aromatic N) is 1. The maximum atomic E-state index is 12.8. The molecule has 1 aliphatic heterocycles. The van der Waals surface area contributed by atoms with Crippen LogP contribution in [-0.4, -0.2) is 60.9 Å². The predicted octanol–water partition coefficient (Wildman–Crippen LogP) is 3.21. The van der Waals surface area contributed by atoms with Gasteiger partial charge in [0.2, 0.25) is 5.91 Å². The SMILES string of the molecule is C[C@]12CCC(O)C[C@@H]1CC[C@@H]1[C@@H]2CC[C@]2(C)[C@H](NC(=O)CN3CCOCC3)CC[C@@H]12. The van der Waals surface area contributed by atoms with Crippen LogP contribution in [0, 0.1) is 34.5 Å². The van der Waals surface area contributed by atoms with E-state index in [0.717, 1.165) is 69.2 Å². The molecule has 5 heteroatoms. The molecule has 0 aromatic heterocycles. The highest BCUT2D eigenvalue weighted by Gasteiger charge is 2.60. The Balaban J connectivity index is 1.25. The maximum absolute atomic E-state index is 12.8. The highest BCUT2D eigenvalue weighted by atomic mass is 16.5. The number of aliphatic hydroxyl groups excluding tert-OH is 1. The summed E-state index contributed by atoms with van der Waals surface area (Å²) in [5.41, 5.74) is 0.695. The fraction of sp³-hybridized carbons (Fsp3) is 0.960. The quantitative estimate of drug-likeness (QED) is 0.739. The zero-order valence-electron chi connectivity index (χ0n) is 19.1. The molecule has 0 radical (unpaired) electrons. The molecule has 4 aliphatic carbocycles. The number of rotatable bonds is 3. The van der Waals surface area contributed by atoms with Gasteiger partial charge in [-0.25, -0.2) is 0 Å². The minimum absolute atomic E-state index is 0.0639. The number of ether oxygens (including phenoxy) is 1. The van der Waals surface area contributed by atoms with Gasteiger partial charge >= 0.3 is 0 Å². The zero-order valence-corrected chi connectivity index (χ0v) is 19.1. The number of amides is 1. The second-order valence-corrected chi connectivity index (χ2v) is 11.7. The molecular formula is C25H42N2O3. The Labute approximate surface area is 182 Å². The van der Waals surface area contributed by atoms with Gasteiger partial charge < -0.3 is 15.2 Å². The van der Waals surface area contributed by atoms with E-state index >= 15 is 0 Å². The summed E-state index contributed by atoms with van der Waals surface area (Å²) in [5, 5.41) is 13.7. The lowest BCUT2D eigenvalue weighted by Crippen LogP contribution is -2.56. The summed E-state index contributed by atoms with van der Waals surface area (Å²) in [4.78, 5) is 15.0. The Morgan fingerprint density at radius 1 is 1.00 bits per heavy atom. The predicted molar refractivity (Wildman–Crippen MR) is 117 cm³/mol. The lowest BCUT2D eigenvalue weighted by molar-refractivity contribution is -0.131. The molecule has 0 spiro atoms. The number of nitrogens with one attached hydrogen (secondary N) is 1. The number of aliphatic hydroxyl groups is 1. The Bertz CT molecular complexity index is 650. The molecule has 0 bridgehead atoms. The van der Waals surface area contributed by atoms with Gasteiger partial charge in [-0.3, -0.25) is 9.69 Å². The van der Waals surface area contributed by atoms with Crippen molar-refractivity contribution < 1.29 is 14.6 Å². The van der Waals surface area contributed by atoms with Crippen molar-refractivity contribution >= 4 is 5.91 Å². The van der Waals surface area contributed by atoms with E-state index in [2.05, 4.69) is 24.1 Å². The average molecular weight is 419 g/mol. The largest absolute Gasteiger partial charge is 0.393 e. The number of hydrogen-bond acceptors (Lipinski definition) is 4. The van der Waals surface area contributed by atoms with Crippen LogP contribution in [0.25, 0.3) is 0 Å². The van der Waals surface area contributed by atoms with Crippen LogP contribution in [0.4, 0.5) is 0 Å². The first kappa shape index (κ1) is 21.2. The molecule has 1 saturated heterocycles. The van der Waals surface area contributed by atoms with Crippen LogP contribution in [0.3, 0.4) is 0 Å². The van der Waals surface area contributed by atoms with Crippen molar-refractivity contribution in [2.45, 2.75) is 83.8 Å². The topological polar surface area (TPSA) is 61.8 Å². The first-order valence-electron chi connectivity index (χ1n) is 12.7. The molecule has 5 nitrogen and oxygen atoms in total. The van der Waals surface area contributed by atoms with E-state index < -0.39 is 0 Å². The summed E-state index contributed by atoms with van der Waals surface area (Å²) in [6.45, 7) is 8.80. The van der Waals surface area contributed by atoms with Gasteiger partial charge in [0.25, 0.3) is 0 Å². The van der Waals surface area contributed by atoms with E-state index in [4.69, 9.17) is 4.74 Å². The van der Waals surface area contributed by atoms with E-state index in [1.54, 1.807) is 0 Å². The molecule has 1 amide bonds. The lowest BCUT2D eigenvalue weighted by atomic mass is 9.45. The fourth-order valence-corrected chi connectivity index (χ4v) is 8.67. The van der Waals surface area contributed by atoms with E-state index in [0.29, 0.717) is 18.0 Å². The third-order valence-corrected chi connectivity index (χ3v) is 10.4. The second kappa shape index (κ2) is 8.04. The molecule has 2 N–H and O–H groups in total. The third-order valence-electron chi connectivity index (χ3n) is 10.4. The van der Waals surface area contributed by atoms with E-state index in [9.17, 15) is 9.90 Å². The van der Waals surface area contributed by atoms with Crippen molar-refractivity contribution in [1.82, 2.24) is 10.2 Å². The number of morpholine rings is 1. The Hall–Kier alpha value is -0.650. The summed E-state index contributed by atoms with van der Waals surface area (Å²) in [7, 11) is 0. The highest BCUT2D eigenvalue weighted by Crippen LogP contribution is 2.66. The van der Waals surface area contributed by atoms with E-state index in [1.807, 2.05) is 0 Å². The van der Waals surface area contributed by atoms with Crippen molar-refractivity contribution in [2.24, 2.45) is 34.5 Å². The third kappa shape index (κ3) is 3.53. The zero-order chi connectivity index (χ0) is 20.9. The minimum Gasteiger partial charge on any atom is -0.393 e. The van der Waals surface area contributed by atoms with Crippen LogP contribution >= 0.6 is 0 Å². The van der Waals surface area contributed by atoms with Crippen molar-refractivity contribution in [3.05, 3.63) is 0 Å². The first-order valence-corrected chi connectivity index (χ1v) is 12.7. The van der Waals surface area contributed by atoms with Gasteiger partial charge in [-0.15, -0.1) is 0 Å². The highest BCUT2D eigenvalue weighted by molar-refractivity contribution is 5.78. The summed E-state index contributed by atoms with van der Waals surface area (Å²) in [6.07, 6.45) is 10.8.